The van der Waals surface area contributed by atoms with Crippen LogP contribution in [0.3, 0.4) is 0 Å². The van der Waals surface area contributed by atoms with Gasteiger partial charge in [0.1, 0.15) is 0 Å². The number of likely N-dealkylation sites (N-methyl/N-ethyl adjacent to an activating group) is 1. The minimum atomic E-state index is 0.489. The molecule has 182 valence electrons. The Morgan fingerprint density at radius 2 is 1.91 bits per heavy atom. The smallest absolute Gasteiger partial charge is 0.227 e. The van der Waals surface area contributed by atoms with E-state index in [1.165, 1.54) is 0 Å². The van der Waals surface area contributed by atoms with E-state index in [2.05, 4.69) is 57.2 Å². The van der Waals surface area contributed by atoms with Crippen molar-refractivity contribution in [2.24, 2.45) is 0 Å². The van der Waals surface area contributed by atoms with E-state index in [4.69, 9.17) is 28.8 Å². The third-order valence-corrected chi connectivity index (χ3v) is 7.36. The number of anilines is 4. The molecule has 2 aromatic heterocycles. The maximum absolute atomic E-state index is 6.23. The van der Waals surface area contributed by atoms with E-state index >= 15 is 0 Å². The van der Waals surface area contributed by atoms with E-state index in [-0.39, 0.29) is 0 Å². The third kappa shape index (κ3) is 4.83. The molecule has 5 rings (SSSR count). The molecule has 0 radical (unpaired) electrons. The van der Waals surface area contributed by atoms with Gasteiger partial charge < -0.3 is 15.5 Å². The summed E-state index contributed by atoms with van der Waals surface area (Å²) >= 11 is 11.7. The Bertz CT molecular complexity index is 1270. The minimum absolute atomic E-state index is 0.489. The van der Waals surface area contributed by atoms with Crippen molar-refractivity contribution < 1.29 is 0 Å². The van der Waals surface area contributed by atoms with Crippen LogP contribution in [0.2, 0.25) is 5.02 Å². The normalized spacial score (nSPS) is 20.0. The van der Waals surface area contributed by atoms with Gasteiger partial charge in [-0.3, -0.25) is 9.88 Å². The van der Waals surface area contributed by atoms with Crippen molar-refractivity contribution in [1.29, 1.82) is 0 Å². The standard InChI is InChI=1S/C26H30ClN7S/c1-5-34-15(2)13-33(14-16(34)3)20-10-22(17(4)28-12-20)31-26-29-11-18-8-24(35)30-23-9-19(27)6-7-21(23)25(18)32-26/h6-7,9-12,15-16H,5,8,13-14H2,1-4H3,(H,30,35)(H,29,31,32). The molecule has 2 N–H and O–H groups in total. The fourth-order valence-corrected chi connectivity index (χ4v) is 5.59. The lowest BCUT2D eigenvalue weighted by Crippen LogP contribution is -2.56. The first-order valence-corrected chi connectivity index (χ1v) is 12.8. The molecule has 4 heterocycles. The Hall–Kier alpha value is -2.81. The zero-order valence-electron chi connectivity index (χ0n) is 20.5. The number of aromatic nitrogens is 3. The first kappa shape index (κ1) is 23.9. The molecule has 1 aromatic carbocycles. The second kappa shape index (κ2) is 9.68. The highest BCUT2D eigenvalue weighted by atomic mass is 35.5. The Balaban J connectivity index is 1.45. The average molecular weight is 508 g/mol. The van der Waals surface area contributed by atoms with Crippen molar-refractivity contribution in [2.45, 2.75) is 46.2 Å². The average Bonchev–Trinajstić information content (AvgIpc) is 2.94. The van der Waals surface area contributed by atoms with Gasteiger partial charge in [0, 0.05) is 59.6 Å². The number of halogens is 1. The zero-order valence-corrected chi connectivity index (χ0v) is 22.0. The van der Waals surface area contributed by atoms with Crippen LogP contribution < -0.4 is 15.5 Å². The van der Waals surface area contributed by atoms with Gasteiger partial charge in [-0.2, -0.15) is 0 Å². The number of hydrogen-bond donors (Lipinski definition) is 2. The SMILES string of the molecule is CCN1C(C)CN(c2cnc(C)c(Nc3ncc4c(n3)-c3ccc(Cl)cc3NC(=S)C4)c2)CC1C. The maximum Gasteiger partial charge on any atom is 0.227 e. The molecule has 0 amide bonds. The van der Waals surface area contributed by atoms with Crippen LogP contribution in [-0.2, 0) is 6.42 Å². The molecule has 35 heavy (non-hydrogen) atoms. The lowest BCUT2D eigenvalue weighted by atomic mass is 10.1. The predicted octanol–water partition coefficient (Wildman–Crippen LogP) is 5.46. The van der Waals surface area contributed by atoms with Gasteiger partial charge in [-0.25, -0.2) is 9.97 Å². The summed E-state index contributed by atoms with van der Waals surface area (Å²) in [6, 6.07) is 8.85. The number of nitrogens with one attached hydrogen (secondary N) is 2. The van der Waals surface area contributed by atoms with E-state index < -0.39 is 0 Å². The molecular weight excluding hydrogens is 478 g/mol. The highest BCUT2D eigenvalue weighted by molar-refractivity contribution is 7.80. The molecule has 2 unspecified atom stereocenters. The Labute approximate surface area is 216 Å². The number of pyridine rings is 1. The number of nitrogens with zero attached hydrogens (tertiary/aromatic N) is 5. The van der Waals surface area contributed by atoms with Crippen LogP contribution in [0.4, 0.5) is 23.0 Å². The summed E-state index contributed by atoms with van der Waals surface area (Å²) < 4.78 is 0. The van der Waals surface area contributed by atoms with Gasteiger partial charge in [-0.15, -0.1) is 0 Å². The van der Waals surface area contributed by atoms with Crippen molar-refractivity contribution in [3.05, 3.63) is 52.9 Å². The van der Waals surface area contributed by atoms with Crippen molar-refractivity contribution in [1.82, 2.24) is 19.9 Å². The van der Waals surface area contributed by atoms with E-state index in [0.29, 0.717) is 29.5 Å². The van der Waals surface area contributed by atoms with E-state index in [9.17, 15) is 0 Å². The van der Waals surface area contributed by atoms with Gasteiger partial charge >= 0.3 is 0 Å². The first-order chi connectivity index (χ1) is 16.8. The molecule has 1 saturated heterocycles. The van der Waals surface area contributed by atoms with Crippen LogP contribution in [0, 0.1) is 6.92 Å². The van der Waals surface area contributed by atoms with Gasteiger partial charge in [-0.1, -0.05) is 30.7 Å². The van der Waals surface area contributed by atoms with Crippen molar-refractivity contribution in [2.75, 3.05) is 35.2 Å². The van der Waals surface area contributed by atoms with E-state index in [1.54, 1.807) is 0 Å². The van der Waals surface area contributed by atoms with Gasteiger partial charge in [0.2, 0.25) is 5.95 Å². The molecule has 3 aromatic rings. The summed E-state index contributed by atoms with van der Waals surface area (Å²) in [4.78, 5) is 19.9. The number of aryl methyl sites for hydroxylation is 1. The fraction of sp³-hybridized carbons (Fsp3) is 0.385. The second-order valence-electron chi connectivity index (χ2n) is 9.37. The second-order valence-corrected chi connectivity index (χ2v) is 10.3. The largest absolute Gasteiger partial charge is 0.367 e. The molecule has 9 heteroatoms. The number of piperazine rings is 1. The first-order valence-electron chi connectivity index (χ1n) is 12.0. The molecule has 1 fully saturated rings. The van der Waals surface area contributed by atoms with Gasteiger partial charge in [0.25, 0.3) is 0 Å². The summed E-state index contributed by atoms with van der Waals surface area (Å²) in [5.41, 5.74) is 6.55. The van der Waals surface area contributed by atoms with Crippen LogP contribution in [0.1, 0.15) is 32.0 Å². The number of benzene rings is 1. The van der Waals surface area contributed by atoms with Gasteiger partial charge in [0.05, 0.1) is 33.9 Å². The molecular formula is C26H30ClN7S. The summed E-state index contributed by atoms with van der Waals surface area (Å²) in [5, 5.41) is 7.35. The predicted molar refractivity (Wildman–Crippen MR) is 148 cm³/mol. The number of thiocarbonyl (C=S) groups is 1. The van der Waals surface area contributed by atoms with Crippen molar-refractivity contribution in [3.63, 3.8) is 0 Å². The number of hydrogen-bond acceptors (Lipinski definition) is 7. The fourth-order valence-electron chi connectivity index (χ4n) is 5.16. The highest BCUT2D eigenvalue weighted by Crippen LogP contribution is 2.35. The Kier molecular flexibility index (Phi) is 6.61. The van der Waals surface area contributed by atoms with Crippen LogP contribution in [0.5, 0.6) is 0 Å². The van der Waals surface area contributed by atoms with Crippen molar-refractivity contribution >= 4 is 51.8 Å². The molecule has 2 atom stereocenters. The highest BCUT2D eigenvalue weighted by Gasteiger charge is 2.28. The monoisotopic (exact) mass is 507 g/mol. The zero-order chi connectivity index (χ0) is 24.7. The maximum atomic E-state index is 6.23. The van der Waals surface area contributed by atoms with Crippen LogP contribution >= 0.6 is 23.8 Å². The Morgan fingerprint density at radius 1 is 1.14 bits per heavy atom. The molecule has 0 spiro atoms. The van der Waals surface area contributed by atoms with Crippen LogP contribution in [0.15, 0.2) is 36.7 Å². The van der Waals surface area contributed by atoms with Gasteiger partial charge in [0.15, 0.2) is 0 Å². The Morgan fingerprint density at radius 3 is 2.66 bits per heavy atom. The summed E-state index contributed by atoms with van der Waals surface area (Å²) in [7, 11) is 0. The quantitative estimate of drug-likeness (QED) is 0.451. The minimum Gasteiger partial charge on any atom is -0.367 e. The molecule has 0 saturated carbocycles. The molecule has 0 bridgehead atoms. The van der Waals surface area contributed by atoms with E-state index in [0.717, 1.165) is 64.2 Å². The molecule has 2 aliphatic heterocycles. The summed E-state index contributed by atoms with van der Waals surface area (Å²) in [6.07, 6.45) is 4.39. The number of fused-ring (bicyclic) bond motifs is 3. The molecule has 0 aliphatic carbocycles. The lowest BCUT2D eigenvalue weighted by Gasteiger charge is -2.45. The topological polar surface area (TPSA) is 69.2 Å². The van der Waals surface area contributed by atoms with Crippen LogP contribution in [0.25, 0.3) is 11.3 Å². The lowest BCUT2D eigenvalue weighted by molar-refractivity contribution is 0.140. The third-order valence-electron chi connectivity index (χ3n) is 6.88. The summed E-state index contributed by atoms with van der Waals surface area (Å²) in [6.45, 7) is 11.8. The van der Waals surface area contributed by atoms with Crippen molar-refractivity contribution in [3.8, 4) is 11.3 Å². The summed E-state index contributed by atoms with van der Waals surface area (Å²) in [5.74, 6) is 0.525. The number of rotatable bonds is 4. The molecule has 2 aliphatic rings. The van der Waals surface area contributed by atoms with Gasteiger partial charge in [-0.05, 0) is 51.6 Å². The molecule has 7 nitrogen and oxygen atoms in total. The van der Waals surface area contributed by atoms with E-state index in [1.807, 2.05) is 37.5 Å². The van der Waals surface area contributed by atoms with Crippen LogP contribution in [-0.4, -0.2) is 56.6 Å².